The van der Waals surface area contributed by atoms with Crippen LogP contribution in [0.4, 0.5) is 0 Å². The van der Waals surface area contributed by atoms with Gasteiger partial charge in [-0.1, -0.05) is 26.8 Å². The Morgan fingerprint density at radius 1 is 1.03 bits per heavy atom. The van der Waals surface area contributed by atoms with E-state index in [1.54, 1.807) is 12.4 Å². The smallest absolute Gasteiger partial charge is 0.441 e. The second kappa shape index (κ2) is 6.97. The van der Waals surface area contributed by atoms with Crippen LogP contribution in [0.25, 0.3) is 11.1 Å². The molecular weight excluding hydrogens is 392 g/mol. The third-order valence-corrected chi connectivity index (χ3v) is 5.42. The van der Waals surface area contributed by atoms with E-state index in [4.69, 9.17) is 19.9 Å². The van der Waals surface area contributed by atoms with Crippen molar-refractivity contribution in [3.63, 3.8) is 0 Å². The van der Waals surface area contributed by atoms with E-state index in [0.29, 0.717) is 13.2 Å². The van der Waals surface area contributed by atoms with Gasteiger partial charge < -0.3 is 14.2 Å². The summed E-state index contributed by atoms with van der Waals surface area (Å²) in [5.74, 6) is 2.28. The monoisotopic (exact) mass is 417 g/mol. The van der Waals surface area contributed by atoms with Crippen LogP contribution in [0.3, 0.4) is 0 Å². The average Bonchev–Trinajstić information content (AvgIpc) is 3.15. The lowest BCUT2D eigenvalue weighted by molar-refractivity contribution is -0.538. The van der Waals surface area contributed by atoms with Crippen molar-refractivity contribution in [2.24, 2.45) is 11.1 Å². The van der Waals surface area contributed by atoms with Crippen molar-refractivity contribution in [3.05, 3.63) is 66.2 Å². The largest absolute Gasteiger partial charge is 0.493 e. The standard InChI is InChI=1S/C24H24N4O3/c1-23(2,3)12-29-17-5-7-21-19(9-17)24(13-30-22(25)28-24)18-8-15(4-6-20(18)31-21)16-10-26-14-27-11-16/h4-11,14H,12-13H2,1-3H3,(H2,25,28)/p+1/t24-/m0/s1. The molecule has 0 saturated carbocycles. The van der Waals surface area contributed by atoms with Crippen LogP contribution in [0.2, 0.25) is 0 Å². The molecule has 0 bridgehead atoms. The lowest BCUT2D eigenvalue weighted by Crippen LogP contribution is -2.85. The van der Waals surface area contributed by atoms with Crippen molar-refractivity contribution in [3.8, 4) is 28.4 Å². The zero-order chi connectivity index (χ0) is 21.6. The van der Waals surface area contributed by atoms with Crippen molar-refractivity contribution >= 4 is 6.02 Å². The lowest BCUT2D eigenvalue weighted by Gasteiger charge is -2.32. The molecule has 158 valence electrons. The maximum absolute atomic E-state index is 6.26. The third kappa shape index (κ3) is 3.46. The molecule has 1 aromatic heterocycles. The fourth-order valence-electron chi connectivity index (χ4n) is 3.92. The zero-order valence-corrected chi connectivity index (χ0v) is 17.8. The van der Waals surface area contributed by atoms with Gasteiger partial charge in [-0.05, 0) is 41.3 Å². The Balaban J connectivity index is 1.63. The molecule has 0 aliphatic carbocycles. The average molecular weight is 417 g/mol. The van der Waals surface area contributed by atoms with Gasteiger partial charge in [0.2, 0.25) is 0 Å². The van der Waals surface area contributed by atoms with Gasteiger partial charge >= 0.3 is 6.02 Å². The van der Waals surface area contributed by atoms with Crippen LogP contribution in [0.1, 0.15) is 31.9 Å². The topological polar surface area (TPSA) is 93.5 Å². The van der Waals surface area contributed by atoms with Gasteiger partial charge in [0.05, 0.1) is 17.7 Å². The molecule has 0 radical (unpaired) electrons. The van der Waals surface area contributed by atoms with Crippen LogP contribution in [0.15, 0.2) is 55.1 Å². The summed E-state index contributed by atoms with van der Waals surface area (Å²) in [5, 5.41) is 0. The first-order valence-electron chi connectivity index (χ1n) is 10.2. The van der Waals surface area contributed by atoms with Gasteiger partial charge in [0.25, 0.3) is 0 Å². The van der Waals surface area contributed by atoms with Crippen molar-refractivity contribution < 1.29 is 19.2 Å². The van der Waals surface area contributed by atoms with Gasteiger partial charge in [-0.3, -0.25) is 5.73 Å². The van der Waals surface area contributed by atoms with Crippen LogP contribution in [0, 0.1) is 5.41 Å². The van der Waals surface area contributed by atoms with Gasteiger partial charge in [0.15, 0.2) is 5.54 Å². The minimum absolute atomic E-state index is 0.0519. The number of nitrogens with two attached hydrogens (primary N) is 1. The summed E-state index contributed by atoms with van der Waals surface area (Å²) in [6.07, 6.45) is 5.09. The molecule has 0 fully saturated rings. The summed E-state index contributed by atoms with van der Waals surface area (Å²) < 4.78 is 18.0. The molecule has 5 rings (SSSR count). The summed E-state index contributed by atoms with van der Waals surface area (Å²) in [4.78, 5) is 11.6. The predicted octanol–water partition coefficient (Wildman–Crippen LogP) is 2.34. The first kappa shape index (κ1) is 19.4. The molecule has 2 aliphatic rings. The van der Waals surface area contributed by atoms with Crippen molar-refractivity contribution in [2.75, 3.05) is 13.2 Å². The van der Waals surface area contributed by atoms with Gasteiger partial charge in [-0.25, -0.2) is 15.0 Å². The molecule has 7 nitrogen and oxygen atoms in total. The number of ether oxygens (including phenoxy) is 3. The van der Waals surface area contributed by atoms with E-state index in [0.717, 1.165) is 39.5 Å². The maximum Gasteiger partial charge on any atom is 0.441 e. The van der Waals surface area contributed by atoms with Gasteiger partial charge in [-0.2, -0.15) is 0 Å². The highest BCUT2D eigenvalue weighted by Crippen LogP contribution is 2.47. The highest BCUT2D eigenvalue weighted by Gasteiger charge is 2.50. The number of hydrogen-bond acceptors (Lipinski definition) is 6. The normalized spacial score (nSPS) is 19.1. The lowest BCUT2D eigenvalue weighted by atomic mass is 9.80. The molecule has 7 heteroatoms. The van der Waals surface area contributed by atoms with Crippen molar-refractivity contribution in [2.45, 2.75) is 26.3 Å². The van der Waals surface area contributed by atoms with E-state index in [1.807, 2.05) is 30.3 Å². The Labute approximate surface area is 180 Å². The van der Waals surface area contributed by atoms with E-state index in [1.165, 1.54) is 6.33 Å². The second-order valence-electron chi connectivity index (χ2n) is 9.13. The maximum atomic E-state index is 6.26. The first-order chi connectivity index (χ1) is 14.8. The molecule has 1 atom stereocenters. The molecule has 2 aromatic carbocycles. The van der Waals surface area contributed by atoms with E-state index >= 15 is 0 Å². The third-order valence-electron chi connectivity index (χ3n) is 5.42. The Hall–Kier alpha value is -3.61. The SMILES string of the molecule is CC(C)(C)COc1ccc2c(c1)[C@]1(COC(N)=[NH+]1)c1cc(-c3cncnc3)ccc1O2. The number of benzene rings is 2. The molecular formula is C24H25N4O3+. The highest BCUT2D eigenvalue weighted by molar-refractivity contribution is 5.71. The second-order valence-corrected chi connectivity index (χ2v) is 9.13. The van der Waals surface area contributed by atoms with Crippen molar-refractivity contribution in [1.82, 2.24) is 9.97 Å². The molecule has 0 amide bonds. The minimum Gasteiger partial charge on any atom is -0.493 e. The quantitative estimate of drug-likeness (QED) is 0.680. The number of hydrogen-bond donors (Lipinski definition) is 2. The van der Waals surface area contributed by atoms with E-state index in [2.05, 4.69) is 41.8 Å². The molecule has 31 heavy (non-hydrogen) atoms. The van der Waals surface area contributed by atoms with Crippen LogP contribution in [0.5, 0.6) is 17.2 Å². The molecule has 3 N–H and O–H groups in total. The number of fused-ring (bicyclic) bond motifs is 4. The summed E-state index contributed by atoms with van der Waals surface area (Å²) in [6.45, 7) is 7.38. The fourth-order valence-corrected chi connectivity index (χ4v) is 3.92. The molecule has 2 aliphatic heterocycles. The molecule has 1 spiro atoms. The number of amidine groups is 1. The fraction of sp³-hybridized carbons (Fsp3) is 0.292. The number of nitrogens with one attached hydrogen (secondary N) is 1. The number of nitrogens with zero attached hydrogens (tertiary/aromatic N) is 2. The minimum atomic E-state index is -0.681. The Morgan fingerprint density at radius 2 is 1.74 bits per heavy atom. The first-order valence-corrected chi connectivity index (χ1v) is 10.2. The predicted molar refractivity (Wildman–Crippen MR) is 116 cm³/mol. The van der Waals surface area contributed by atoms with Gasteiger partial charge in [-0.15, -0.1) is 0 Å². The zero-order valence-electron chi connectivity index (χ0n) is 17.8. The van der Waals surface area contributed by atoms with Crippen molar-refractivity contribution in [1.29, 1.82) is 0 Å². The Kier molecular flexibility index (Phi) is 4.36. The summed E-state index contributed by atoms with van der Waals surface area (Å²) in [7, 11) is 0. The molecule has 3 aromatic rings. The van der Waals surface area contributed by atoms with Gasteiger partial charge in [0, 0.05) is 18.0 Å². The van der Waals surface area contributed by atoms with Crippen LogP contribution in [-0.4, -0.2) is 29.2 Å². The number of aromatic nitrogens is 2. The van der Waals surface area contributed by atoms with Crippen LogP contribution >= 0.6 is 0 Å². The summed E-state index contributed by atoms with van der Waals surface area (Å²) >= 11 is 0. The van der Waals surface area contributed by atoms with E-state index in [9.17, 15) is 0 Å². The highest BCUT2D eigenvalue weighted by atomic mass is 16.5. The molecule has 3 heterocycles. The van der Waals surface area contributed by atoms with E-state index in [-0.39, 0.29) is 11.4 Å². The van der Waals surface area contributed by atoms with Crippen LogP contribution in [-0.2, 0) is 10.3 Å². The van der Waals surface area contributed by atoms with E-state index < -0.39 is 5.54 Å². The van der Waals surface area contributed by atoms with Crippen LogP contribution < -0.4 is 20.2 Å². The Morgan fingerprint density at radius 3 is 2.42 bits per heavy atom. The summed E-state index contributed by atoms with van der Waals surface area (Å²) in [6, 6.07) is 12.2. The molecule has 0 unspecified atom stereocenters. The summed E-state index contributed by atoms with van der Waals surface area (Å²) in [5.41, 5.74) is 9.19. The van der Waals surface area contributed by atoms with Gasteiger partial charge in [0.1, 0.15) is 30.2 Å². The molecule has 0 saturated heterocycles. The Bertz CT molecular complexity index is 1170. The number of rotatable bonds is 3.